The van der Waals surface area contributed by atoms with E-state index in [2.05, 4.69) is 35.2 Å². The molecule has 0 aliphatic rings. The summed E-state index contributed by atoms with van der Waals surface area (Å²) in [6, 6.07) is 6.23. The lowest BCUT2D eigenvalue weighted by molar-refractivity contribution is 0.281. The number of aliphatic hydroxyl groups excluding tert-OH is 1. The van der Waals surface area contributed by atoms with Crippen LogP contribution in [0.5, 0.6) is 0 Å². The number of hydrogen-bond acceptors (Lipinski definition) is 2. The predicted octanol–water partition coefficient (Wildman–Crippen LogP) is 3.05. The topological polar surface area (TPSA) is 37.0 Å². The van der Waals surface area contributed by atoms with Crippen molar-refractivity contribution in [2.75, 3.05) is 0 Å². The first kappa shape index (κ1) is 13.3. The Kier molecular flexibility index (Phi) is 4.31. The van der Waals surface area contributed by atoms with E-state index in [1.165, 1.54) is 5.56 Å². The van der Waals surface area contributed by atoms with Gasteiger partial charge in [-0.3, -0.25) is 4.99 Å². The Labute approximate surface area is 113 Å². The number of aliphatic imine (C=N–C) groups is 1. The molecule has 0 radical (unpaired) electrons. The second-order valence-electron chi connectivity index (χ2n) is 4.43. The van der Waals surface area contributed by atoms with Crippen LogP contribution < -0.4 is 0 Å². The van der Waals surface area contributed by atoms with Crippen molar-refractivity contribution >= 4 is 12.2 Å². The molecule has 0 amide bonds. The molecule has 2 aromatic heterocycles. The summed E-state index contributed by atoms with van der Waals surface area (Å²) in [6.07, 6.45) is 10.3. The van der Waals surface area contributed by atoms with E-state index in [-0.39, 0.29) is 6.61 Å². The highest BCUT2D eigenvalue weighted by atomic mass is 16.3. The Morgan fingerprint density at radius 3 is 2.95 bits per heavy atom. The number of pyridine rings is 1. The Hall–Kier alpha value is -2.13. The maximum absolute atomic E-state index is 9.45. The Balaban J connectivity index is 2.32. The molecular formula is C16H18N2O. The van der Waals surface area contributed by atoms with Gasteiger partial charge in [0, 0.05) is 30.0 Å². The van der Waals surface area contributed by atoms with E-state index in [0.717, 1.165) is 23.2 Å². The number of hydrogen-bond donors (Lipinski definition) is 1. The summed E-state index contributed by atoms with van der Waals surface area (Å²) in [6.45, 7) is 5.51. The van der Waals surface area contributed by atoms with Crippen LogP contribution in [-0.4, -0.2) is 16.2 Å². The van der Waals surface area contributed by atoms with E-state index < -0.39 is 0 Å². The third-order valence-corrected chi connectivity index (χ3v) is 3.04. The van der Waals surface area contributed by atoms with E-state index in [1.807, 2.05) is 30.5 Å². The minimum Gasteiger partial charge on any atom is -0.392 e. The first-order valence-corrected chi connectivity index (χ1v) is 6.24. The van der Waals surface area contributed by atoms with E-state index in [9.17, 15) is 5.11 Å². The molecule has 3 nitrogen and oxygen atoms in total. The van der Waals surface area contributed by atoms with Crippen LogP contribution in [0.4, 0.5) is 0 Å². The van der Waals surface area contributed by atoms with E-state index >= 15 is 0 Å². The van der Waals surface area contributed by atoms with Gasteiger partial charge in [-0.2, -0.15) is 0 Å². The van der Waals surface area contributed by atoms with Crippen molar-refractivity contribution in [2.45, 2.75) is 20.0 Å². The van der Waals surface area contributed by atoms with Gasteiger partial charge in [-0.05, 0) is 49.0 Å². The van der Waals surface area contributed by atoms with Crippen LogP contribution >= 0.6 is 0 Å². The quantitative estimate of drug-likeness (QED) is 0.646. The highest BCUT2D eigenvalue weighted by Gasteiger charge is 2.07. The van der Waals surface area contributed by atoms with E-state index in [0.29, 0.717) is 0 Å². The third kappa shape index (κ3) is 3.01. The lowest BCUT2D eigenvalue weighted by Crippen LogP contribution is -1.95. The van der Waals surface area contributed by atoms with E-state index in [4.69, 9.17) is 0 Å². The Morgan fingerprint density at radius 2 is 2.21 bits per heavy atom. The number of allylic oxidation sites excluding steroid dienone is 3. The summed E-state index contributed by atoms with van der Waals surface area (Å²) >= 11 is 0. The molecule has 0 spiro atoms. The molecule has 0 aromatic carbocycles. The summed E-state index contributed by atoms with van der Waals surface area (Å²) in [5, 5.41) is 9.45. The van der Waals surface area contributed by atoms with Gasteiger partial charge in [0.15, 0.2) is 0 Å². The molecule has 3 heteroatoms. The van der Waals surface area contributed by atoms with Crippen molar-refractivity contribution in [3.63, 3.8) is 0 Å². The molecule has 0 unspecified atom stereocenters. The van der Waals surface area contributed by atoms with Crippen LogP contribution in [-0.2, 0) is 13.0 Å². The third-order valence-electron chi connectivity index (χ3n) is 3.04. The van der Waals surface area contributed by atoms with E-state index in [1.54, 1.807) is 6.20 Å². The molecule has 2 rings (SSSR count). The molecule has 19 heavy (non-hydrogen) atoms. The van der Waals surface area contributed by atoms with Gasteiger partial charge in [0.2, 0.25) is 0 Å². The minimum absolute atomic E-state index is 0.0634. The highest BCUT2D eigenvalue weighted by molar-refractivity contribution is 5.55. The number of aliphatic hydroxyl groups is 1. The van der Waals surface area contributed by atoms with Crippen molar-refractivity contribution in [2.24, 2.45) is 4.99 Å². The normalized spacial score (nSPS) is 11.9. The maximum Gasteiger partial charge on any atom is 0.0699 e. The van der Waals surface area contributed by atoms with Gasteiger partial charge >= 0.3 is 0 Å². The number of rotatable bonds is 5. The van der Waals surface area contributed by atoms with Crippen molar-refractivity contribution in [1.82, 2.24) is 4.40 Å². The van der Waals surface area contributed by atoms with Crippen LogP contribution in [0.25, 0.3) is 5.52 Å². The lowest BCUT2D eigenvalue weighted by atomic mass is 10.2. The first-order chi connectivity index (χ1) is 9.26. The molecule has 2 heterocycles. The molecule has 0 bridgehead atoms. The number of aryl methyl sites for hydroxylation is 1. The van der Waals surface area contributed by atoms with Gasteiger partial charge < -0.3 is 9.51 Å². The molecule has 1 N–H and O–H groups in total. The van der Waals surface area contributed by atoms with Crippen molar-refractivity contribution in [1.29, 1.82) is 0 Å². The Morgan fingerprint density at radius 1 is 1.37 bits per heavy atom. The largest absolute Gasteiger partial charge is 0.392 e. The van der Waals surface area contributed by atoms with Crippen LogP contribution in [0.3, 0.4) is 0 Å². The maximum atomic E-state index is 9.45. The van der Waals surface area contributed by atoms with Crippen LogP contribution in [0.2, 0.25) is 0 Å². The zero-order valence-corrected chi connectivity index (χ0v) is 11.1. The van der Waals surface area contributed by atoms with Crippen LogP contribution in [0.15, 0.2) is 53.8 Å². The average molecular weight is 254 g/mol. The van der Waals surface area contributed by atoms with Gasteiger partial charge in [-0.15, -0.1) is 0 Å². The molecule has 98 valence electrons. The molecule has 2 aromatic rings. The second-order valence-corrected chi connectivity index (χ2v) is 4.43. The van der Waals surface area contributed by atoms with Crippen molar-refractivity contribution < 1.29 is 5.11 Å². The summed E-state index contributed by atoms with van der Waals surface area (Å²) in [4.78, 5) is 3.64. The fourth-order valence-corrected chi connectivity index (χ4v) is 2.14. The summed E-state index contributed by atoms with van der Waals surface area (Å²) in [7, 11) is 0. The number of fused-ring (bicyclic) bond motifs is 1. The number of aromatic nitrogens is 1. The van der Waals surface area contributed by atoms with Gasteiger partial charge in [-0.25, -0.2) is 0 Å². The lowest BCUT2D eigenvalue weighted by Gasteiger charge is -2.03. The fraction of sp³-hybridized carbons (Fsp3) is 0.188. The fourth-order valence-electron chi connectivity index (χ4n) is 2.14. The monoisotopic (exact) mass is 254 g/mol. The summed E-state index contributed by atoms with van der Waals surface area (Å²) in [5.74, 6) is 0. The molecule has 0 aliphatic carbocycles. The molecule has 0 aliphatic heterocycles. The molecule has 0 saturated carbocycles. The Bertz CT molecular complexity index is 635. The summed E-state index contributed by atoms with van der Waals surface area (Å²) < 4.78 is 2.12. The molecule has 0 fully saturated rings. The SMILES string of the molecule is C=N/C=C\C=C/Cc1c(CO)cc2cc(C)ccn12. The van der Waals surface area contributed by atoms with Crippen LogP contribution in [0, 0.1) is 6.92 Å². The smallest absolute Gasteiger partial charge is 0.0699 e. The van der Waals surface area contributed by atoms with Crippen LogP contribution in [0.1, 0.15) is 16.8 Å². The van der Waals surface area contributed by atoms with Gasteiger partial charge in [0.1, 0.15) is 0 Å². The standard InChI is InChI=1S/C16H18N2O/c1-13-7-9-18-15(10-13)11-14(12-19)16(18)6-4-3-5-8-17-2/h3-5,7-11,19H,2,6,12H2,1H3/b4-3-,8-5-. The number of nitrogens with zero attached hydrogens (tertiary/aromatic N) is 2. The van der Waals surface area contributed by atoms with Gasteiger partial charge in [-0.1, -0.05) is 12.2 Å². The first-order valence-electron chi connectivity index (χ1n) is 6.24. The summed E-state index contributed by atoms with van der Waals surface area (Å²) in [5.41, 5.74) is 4.43. The van der Waals surface area contributed by atoms with Gasteiger partial charge in [0.05, 0.1) is 6.61 Å². The molecule has 0 atom stereocenters. The minimum atomic E-state index is 0.0634. The zero-order chi connectivity index (χ0) is 13.7. The molecular weight excluding hydrogens is 236 g/mol. The van der Waals surface area contributed by atoms with Crippen molar-refractivity contribution in [3.8, 4) is 0 Å². The predicted molar refractivity (Wildman–Crippen MR) is 79.6 cm³/mol. The zero-order valence-electron chi connectivity index (χ0n) is 11.1. The van der Waals surface area contributed by atoms with Crippen molar-refractivity contribution in [3.05, 3.63) is 65.6 Å². The average Bonchev–Trinajstić information content (AvgIpc) is 2.75. The molecule has 0 saturated heterocycles. The van der Waals surface area contributed by atoms with Gasteiger partial charge in [0.25, 0.3) is 0 Å². The highest BCUT2D eigenvalue weighted by Crippen LogP contribution is 2.19. The second kappa shape index (κ2) is 6.16.